The van der Waals surface area contributed by atoms with Gasteiger partial charge in [-0.15, -0.1) is 10.2 Å². The molecule has 6 heteroatoms. The van der Waals surface area contributed by atoms with Gasteiger partial charge in [-0.2, -0.15) is 0 Å². The van der Waals surface area contributed by atoms with Crippen molar-refractivity contribution in [2.45, 2.75) is 32.2 Å². The number of anilines is 1. The molecule has 0 aromatic carbocycles. The van der Waals surface area contributed by atoms with Gasteiger partial charge >= 0.3 is 0 Å². The molecule has 1 aliphatic rings. The first-order valence-electron chi connectivity index (χ1n) is 7.28. The van der Waals surface area contributed by atoms with Crippen LogP contribution < -0.4 is 15.5 Å². The van der Waals surface area contributed by atoms with Gasteiger partial charge in [0.2, 0.25) is 0 Å². The van der Waals surface area contributed by atoms with Crippen molar-refractivity contribution >= 4 is 11.7 Å². The molecule has 0 radical (unpaired) electrons. The van der Waals surface area contributed by atoms with Crippen LogP contribution in [0.15, 0.2) is 12.1 Å². The lowest BCUT2D eigenvalue weighted by Crippen LogP contribution is -2.33. The minimum Gasteiger partial charge on any atom is -0.355 e. The number of nitrogens with zero attached hydrogens (tertiary/aromatic N) is 3. The Morgan fingerprint density at radius 1 is 1.40 bits per heavy atom. The SMILES string of the molecule is CCNC(=O)c1ccc(N(C)C2CCCNCC2)nn1. The monoisotopic (exact) mass is 277 g/mol. The summed E-state index contributed by atoms with van der Waals surface area (Å²) in [5.41, 5.74) is 0.367. The Hall–Kier alpha value is -1.69. The molecule has 1 aromatic heterocycles. The second-order valence-corrected chi connectivity index (χ2v) is 5.08. The van der Waals surface area contributed by atoms with Crippen molar-refractivity contribution in [3.8, 4) is 0 Å². The largest absolute Gasteiger partial charge is 0.355 e. The highest BCUT2D eigenvalue weighted by Crippen LogP contribution is 2.18. The lowest BCUT2D eigenvalue weighted by Gasteiger charge is -2.27. The standard InChI is InChI=1S/C14H23N5O/c1-3-16-14(20)12-6-7-13(18-17-12)19(2)11-5-4-9-15-10-8-11/h6-7,11,15H,3-5,8-10H2,1-2H3,(H,16,20). The smallest absolute Gasteiger partial charge is 0.271 e. The van der Waals surface area contributed by atoms with Crippen molar-refractivity contribution in [3.63, 3.8) is 0 Å². The van der Waals surface area contributed by atoms with Crippen LogP contribution in [-0.2, 0) is 0 Å². The van der Waals surface area contributed by atoms with Crippen LogP contribution in [0.5, 0.6) is 0 Å². The van der Waals surface area contributed by atoms with Crippen LogP contribution in [-0.4, -0.2) is 48.8 Å². The van der Waals surface area contributed by atoms with Crippen molar-refractivity contribution in [1.29, 1.82) is 0 Å². The Kier molecular flexibility index (Phi) is 5.29. The summed E-state index contributed by atoms with van der Waals surface area (Å²) in [4.78, 5) is 13.8. The maximum absolute atomic E-state index is 11.6. The number of carbonyl (C=O) groups is 1. The Bertz CT molecular complexity index is 426. The van der Waals surface area contributed by atoms with Crippen LogP contribution in [0.1, 0.15) is 36.7 Å². The number of carbonyl (C=O) groups excluding carboxylic acids is 1. The normalized spacial score (nSPS) is 19.2. The van der Waals surface area contributed by atoms with Gasteiger partial charge in [0.1, 0.15) is 0 Å². The molecule has 110 valence electrons. The van der Waals surface area contributed by atoms with Crippen molar-refractivity contribution in [3.05, 3.63) is 17.8 Å². The van der Waals surface area contributed by atoms with Gasteiger partial charge in [-0.3, -0.25) is 4.79 Å². The number of hydrogen-bond acceptors (Lipinski definition) is 5. The van der Waals surface area contributed by atoms with E-state index in [-0.39, 0.29) is 5.91 Å². The zero-order valence-electron chi connectivity index (χ0n) is 12.2. The maximum atomic E-state index is 11.6. The number of amides is 1. The van der Waals surface area contributed by atoms with Gasteiger partial charge in [0, 0.05) is 19.6 Å². The Morgan fingerprint density at radius 2 is 2.25 bits per heavy atom. The molecule has 1 saturated heterocycles. The van der Waals surface area contributed by atoms with Gasteiger partial charge < -0.3 is 15.5 Å². The molecule has 1 aliphatic heterocycles. The lowest BCUT2D eigenvalue weighted by atomic mass is 10.1. The third-order valence-electron chi connectivity index (χ3n) is 3.67. The van der Waals surface area contributed by atoms with E-state index in [0.29, 0.717) is 18.3 Å². The molecule has 1 unspecified atom stereocenters. The summed E-state index contributed by atoms with van der Waals surface area (Å²) in [6.07, 6.45) is 3.44. The summed E-state index contributed by atoms with van der Waals surface area (Å²) in [6.45, 7) is 4.61. The van der Waals surface area contributed by atoms with Crippen LogP contribution in [0, 0.1) is 0 Å². The topological polar surface area (TPSA) is 70.2 Å². The summed E-state index contributed by atoms with van der Waals surface area (Å²) < 4.78 is 0. The quantitative estimate of drug-likeness (QED) is 0.852. The van der Waals surface area contributed by atoms with Crippen LogP contribution in [0.4, 0.5) is 5.82 Å². The Balaban J connectivity index is 2.02. The van der Waals surface area contributed by atoms with Crippen molar-refractivity contribution < 1.29 is 4.79 Å². The zero-order chi connectivity index (χ0) is 14.4. The number of aromatic nitrogens is 2. The van der Waals surface area contributed by atoms with Crippen LogP contribution in [0.3, 0.4) is 0 Å². The highest BCUT2D eigenvalue weighted by molar-refractivity contribution is 5.92. The molecule has 2 rings (SSSR count). The first kappa shape index (κ1) is 14.7. The molecule has 2 heterocycles. The van der Waals surface area contributed by atoms with Crippen molar-refractivity contribution in [2.24, 2.45) is 0 Å². The molecule has 1 fully saturated rings. The van der Waals surface area contributed by atoms with E-state index in [1.165, 1.54) is 6.42 Å². The van der Waals surface area contributed by atoms with Crippen LogP contribution in [0.2, 0.25) is 0 Å². The predicted octanol–water partition coefficient (Wildman–Crippen LogP) is 0.805. The van der Waals surface area contributed by atoms with E-state index in [0.717, 1.165) is 31.7 Å². The molecule has 20 heavy (non-hydrogen) atoms. The van der Waals surface area contributed by atoms with Gasteiger partial charge in [0.05, 0.1) is 0 Å². The molecule has 1 amide bonds. The molecule has 1 atom stereocenters. The maximum Gasteiger partial charge on any atom is 0.271 e. The van der Waals surface area contributed by atoms with Crippen LogP contribution in [0.25, 0.3) is 0 Å². The number of nitrogens with one attached hydrogen (secondary N) is 2. The average Bonchev–Trinajstić information content (AvgIpc) is 2.76. The summed E-state index contributed by atoms with van der Waals surface area (Å²) in [5.74, 6) is 0.651. The van der Waals surface area contributed by atoms with Gasteiger partial charge in [0.15, 0.2) is 11.5 Å². The minimum atomic E-state index is -0.173. The van der Waals surface area contributed by atoms with Crippen LogP contribution >= 0.6 is 0 Å². The summed E-state index contributed by atoms with van der Waals surface area (Å²) in [5, 5.41) is 14.3. The van der Waals surface area contributed by atoms with E-state index in [2.05, 4.69) is 25.7 Å². The molecular formula is C14H23N5O. The molecular weight excluding hydrogens is 254 g/mol. The fourth-order valence-corrected chi connectivity index (χ4v) is 2.46. The third-order valence-corrected chi connectivity index (χ3v) is 3.67. The highest BCUT2D eigenvalue weighted by Gasteiger charge is 2.18. The third kappa shape index (κ3) is 3.66. The van der Waals surface area contributed by atoms with Gasteiger partial charge in [-0.25, -0.2) is 0 Å². The molecule has 0 bridgehead atoms. The molecule has 6 nitrogen and oxygen atoms in total. The van der Waals surface area contributed by atoms with E-state index < -0.39 is 0 Å². The minimum absolute atomic E-state index is 0.173. The highest BCUT2D eigenvalue weighted by atomic mass is 16.1. The van der Waals surface area contributed by atoms with Crippen molar-refractivity contribution in [2.75, 3.05) is 31.6 Å². The van der Waals surface area contributed by atoms with E-state index >= 15 is 0 Å². The summed E-state index contributed by atoms with van der Waals surface area (Å²) >= 11 is 0. The first-order valence-corrected chi connectivity index (χ1v) is 7.28. The molecule has 0 spiro atoms. The fraction of sp³-hybridized carbons (Fsp3) is 0.643. The molecule has 0 saturated carbocycles. The average molecular weight is 277 g/mol. The summed E-state index contributed by atoms with van der Waals surface area (Å²) in [6, 6.07) is 4.09. The van der Waals surface area contributed by atoms with E-state index in [4.69, 9.17) is 0 Å². The Morgan fingerprint density at radius 3 is 2.95 bits per heavy atom. The lowest BCUT2D eigenvalue weighted by molar-refractivity contribution is 0.0950. The van der Waals surface area contributed by atoms with Crippen molar-refractivity contribution in [1.82, 2.24) is 20.8 Å². The fourth-order valence-electron chi connectivity index (χ4n) is 2.46. The van der Waals surface area contributed by atoms with Gasteiger partial charge in [-0.05, 0) is 51.4 Å². The second kappa shape index (κ2) is 7.19. The summed E-state index contributed by atoms with van der Waals surface area (Å²) in [7, 11) is 2.05. The number of hydrogen-bond donors (Lipinski definition) is 2. The Labute approximate surface area is 120 Å². The zero-order valence-corrected chi connectivity index (χ0v) is 12.2. The molecule has 0 aliphatic carbocycles. The van der Waals surface area contributed by atoms with Gasteiger partial charge in [0.25, 0.3) is 5.91 Å². The molecule has 2 N–H and O–H groups in total. The van der Waals surface area contributed by atoms with E-state index in [1.807, 2.05) is 20.0 Å². The predicted molar refractivity (Wildman–Crippen MR) is 79.0 cm³/mol. The van der Waals surface area contributed by atoms with Gasteiger partial charge in [-0.1, -0.05) is 0 Å². The first-order chi connectivity index (χ1) is 9.72. The molecule has 1 aromatic rings. The van der Waals surface area contributed by atoms with E-state index in [1.54, 1.807) is 6.07 Å². The van der Waals surface area contributed by atoms with E-state index in [9.17, 15) is 4.79 Å². The number of rotatable bonds is 4. The second-order valence-electron chi connectivity index (χ2n) is 5.08.